The van der Waals surface area contributed by atoms with Gasteiger partial charge in [-0.25, -0.2) is 9.97 Å². The molecule has 2 aliphatic rings. The average molecular weight is 573 g/mol. The molecule has 1 N–H and O–H groups in total. The van der Waals surface area contributed by atoms with Gasteiger partial charge in [0.25, 0.3) is 0 Å². The summed E-state index contributed by atoms with van der Waals surface area (Å²) in [6.07, 6.45) is 9.77. The Hall–Kier alpha value is -1.86. The van der Waals surface area contributed by atoms with Crippen molar-refractivity contribution in [1.82, 2.24) is 14.9 Å². The molecule has 4 rings (SSSR count). The van der Waals surface area contributed by atoms with Crippen LogP contribution in [-0.4, -0.2) is 53.7 Å². The van der Waals surface area contributed by atoms with Crippen molar-refractivity contribution in [2.45, 2.75) is 78.7 Å². The normalized spacial score (nSPS) is 19.5. The molecular weight excluding hydrogens is 526 g/mol. The number of hydrogen-bond acceptors (Lipinski definition) is 6. The summed E-state index contributed by atoms with van der Waals surface area (Å²) >= 11 is 3.70. The van der Waals surface area contributed by atoms with Crippen LogP contribution in [0.2, 0.25) is 0 Å². The maximum Gasteiger partial charge on any atom is 0.227 e. The van der Waals surface area contributed by atoms with E-state index in [0.29, 0.717) is 17.8 Å². The maximum absolute atomic E-state index is 5.78. The van der Waals surface area contributed by atoms with E-state index < -0.39 is 0 Å². The van der Waals surface area contributed by atoms with Crippen LogP contribution in [0.25, 0.3) is 0 Å². The summed E-state index contributed by atoms with van der Waals surface area (Å²) in [5.74, 6) is 3.55. The summed E-state index contributed by atoms with van der Waals surface area (Å²) in [7, 11) is 1.73. The van der Waals surface area contributed by atoms with Crippen molar-refractivity contribution >= 4 is 33.3 Å². The zero-order valence-electron chi connectivity index (χ0n) is 23.7. The van der Waals surface area contributed by atoms with E-state index >= 15 is 0 Å². The van der Waals surface area contributed by atoms with E-state index in [4.69, 9.17) is 9.72 Å². The molecule has 6 nitrogen and oxygen atoms in total. The fraction of sp³-hybridized carbons (Fsp3) is 0.667. The number of nitrogens with zero attached hydrogens (tertiary/aromatic N) is 4. The molecule has 0 radical (unpaired) electrons. The minimum Gasteiger partial charge on any atom is -0.494 e. The van der Waals surface area contributed by atoms with Gasteiger partial charge < -0.3 is 15.0 Å². The van der Waals surface area contributed by atoms with E-state index in [-0.39, 0.29) is 5.54 Å². The van der Waals surface area contributed by atoms with Gasteiger partial charge in [0.05, 0.1) is 23.0 Å². The first-order valence-electron chi connectivity index (χ1n) is 14.1. The van der Waals surface area contributed by atoms with Gasteiger partial charge in [-0.1, -0.05) is 46.0 Å². The third-order valence-electron chi connectivity index (χ3n) is 8.65. The molecule has 1 saturated carbocycles. The number of methoxy groups -OCH3 is 1. The van der Waals surface area contributed by atoms with Crippen LogP contribution in [0.5, 0.6) is 5.75 Å². The van der Waals surface area contributed by atoms with Gasteiger partial charge in [-0.15, -0.1) is 0 Å². The molecule has 0 amide bonds. The molecule has 0 spiro atoms. The fourth-order valence-electron chi connectivity index (χ4n) is 5.96. The monoisotopic (exact) mass is 571 g/mol. The van der Waals surface area contributed by atoms with E-state index in [1.807, 2.05) is 6.20 Å². The minimum absolute atomic E-state index is 0.215. The molecule has 2 unspecified atom stereocenters. The molecule has 1 aromatic heterocycles. The third-order valence-corrected chi connectivity index (χ3v) is 9.31. The smallest absolute Gasteiger partial charge is 0.227 e. The number of rotatable bonds is 8. The highest BCUT2D eigenvalue weighted by Crippen LogP contribution is 2.36. The number of piperazine rings is 1. The summed E-state index contributed by atoms with van der Waals surface area (Å²) in [6.45, 7) is 15.9. The van der Waals surface area contributed by atoms with Gasteiger partial charge in [0.2, 0.25) is 5.95 Å². The fourth-order valence-corrected chi connectivity index (χ4v) is 6.31. The first-order valence-corrected chi connectivity index (χ1v) is 14.9. The Balaban J connectivity index is 1.43. The first-order chi connectivity index (χ1) is 17.7. The summed E-state index contributed by atoms with van der Waals surface area (Å²) in [5, 5.41) is 3.42. The molecule has 7 heteroatoms. The zero-order chi connectivity index (χ0) is 26.6. The zero-order valence-corrected chi connectivity index (χ0v) is 25.3. The van der Waals surface area contributed by atoms with Crippen molar-refractivity contribution in [3.8, 4) is 5.75 Å². The Kier molecular flexibility index (Phi) is 9.38. The summed E-state index contributed by atoms with van der Waals surface area (Å²) < 4.78 is 6.76. The van der Waals surface area contributed by atoms with E-state index in [9.17, 15) is 0 Å². The predicted octanol–water partition coefficient (Wildman–Crippen LogP) is 7.31. The molecular formula is C30H46BrN5O. The highest BCUT2D eigenvalue weighted by Gasteiger charge is 2.27. The van der Waals surface area contributed by atoms with E-state index in [1.165, 1.54) is 37.8 Å². The lowest BCUT2D eigenvalue weighted by atomic mass is 9.74. The van der Waals surface area contributed by atoms with Crippen LogP contribution >= 0.6 is 15.9 Å². The number of anilines is 3. The largest absolute Gasteiger partial charge is 0.494 e. The number of benzene rings is 1. The number of aromatic nitrogens is 2. The van der Waals surface area contributed by atoms with Crippen LogP contribution < -0.4 is 15.0 Å². The Morgan fingerprint density at radius 1 is 1.08 bits per heavy atom. The summed E-state index contributed by atoms with van der Waals surface area (Å²) in [6, 6.07) is 6.39. The molecule has 0 bridgehead atoms. The molecule has 2 heterocycles. The van der Waals surface area contributed by atoms with Gasteiger partial charge >= 0.3 is 0 Å². The standard InChI is InChI=1S/C30H46BrN5O/c1-21(22(2)23-10-8-7-9-11-23)18-27-25(31)20-32-29(34-27)33-26-13-12-24(19-28(26)37-6)35-14-16-36(17-15-35)30(3,4)5/h12-13,19-23H,7-11,14-18H2,1-6H3,(H,32,33,34). The van der Waals surface area contributed by atoms with Crippen molar-refractivity contribution in [2.75, 3.05) is 43.5 Å². The van der Waals surface area contributed by atoms with Crippen molar-refractivity contribution in [1.29, 1.82) is 0 Å². The van der Waals surface area contributed by atoms with Crippen molar-refractivity contribution in [2.24, 2.45) is 17.8 Å². The lowest BCUT2D eigenvalue weighted by molar-refractivity contribution is 0.128. The molecule has 2 atom stereocenters. The van der Waals surface area contributed by atoms with Crippen LogP contribution in [0.1, 0.15) is 72.4 Å². The van der Waals surface area contributed by atoms with Crippen LogP contribution in [0.3, 0.4) is 0 Å². The second kappa shape index (κ2) is 12.3. The number of ether oxygens (including phenoxy) is 1. The van der Waals surface area contributed by atoms with Gasteiger partial charge in [-0.3, -0.25) is 4.90 Å². The van der Waals surface area contributed by atoms with E-state index in [1.54, 1.807) is 7.11 Å². The molecule has 1 aliphatic heterocycles. The summed E-state index contributed by atoms with van der Waals surface area (Å²) in [5.41, 5.74) is 3.36. The van der Waals surface area contributed by atoms with Gasteiger partial charge in [0, 0.05) is 49.7 Å². The molecule has 204 valence electrons. The first kappa shape index (κ1) is 28.2. The number of nitrogens with one attached hydrogen (secondary N) is 1. The Morgan fingerprint density at radius 2 is 1.78 bits per heavy atom. The highest BCUT2D eigenvalue weighted by molar-refractivity contribution is 9.10. The topological polar surface area (TPSA) is 53.5 Å². The Labute approximate surface area is 232 Å². The lowest BCUT2D eigenvalue weighted by Gasteiger charge is -2.43. The number of halogens is 1. The van der Waals surface area contributed by atoms with Gasteiger partial charge in [-0.2, -0.15) is 0 Å². The summed E-state index contributed by atoms with van der Waals surface area (Å²) in [4.78, 5) is 14.5. The third kappa shape index (κ3) is 7.17. The molecule has 2 fully saturated rings. The second-order valence-electron chi connectivity index (χ2n) is 12.1. The lowest BCUT2D eigenvalue weighted by Crippen LogP contribution is -2.53. The molecule has 1 aromatic carbocycles. The molecule has 2 aromatic rings. The maximum atomic E-state index is 5.78. The van der Waals surface area contributed by atoms with Crippen LogP contribution in [-0.2, 0) is 6.42 Å². The van der Waals surface area contributed by atoms with Crippen molar-refractivity contribution in [3.05, 3.63) is 34.6 Å². The SMILES string of the molecule is COc1cc(N2CCN(C(C)(C)C)CC2)ccc1Nc1ncc(Br)c(CC(C)C(C)C2CCCCC2)n1. The molecule has 1 saturated heterocycles. The molecule has 37 heavy (non-hydrogen) atoms. The molecule has 1 aliphatic carbocycles. The van der Waals surface area contributed by atoms with E-state index in [2.05, 4.69) is 88.8 Å². The van der Waals surface area contributed by atoms with Gasteiger partial charge in [0.1, 0.15) is 5.75 Å². The van der Waals surface area contributed by atoms with E-state index in [0.717, 1.165) is 60.1 Å². The quantitative estimate of drug-likeness (QED) is 0.358. The number of hydrogen-bond donors (Lipinski definition) is 1. The Bertz CT molecular complexity index is 1030. The Morgan fingerprint density at radius 3 is 2.43 bits per heavy atom. The van der Waals surface area contributed by atoms with Crippen molar-refractivity contribution < 1.29 is 4.74 Å². The van der Waals surface area contributed by atoms with Gasteiger partial charge in [-0.05, 0) is 73.0 Å². The minimum atomic E-state index is 0.215. The van der Waals surface area contributed by atoms with Crippen LogP contribution in [0, 0.1) is 17.8 Å². The predicted molar refractivity (Wildman–Crippen MR) is 158 cm³/mol. The average Bonchev–Trinajstić information content (AvgIpc) is 2.90. The van der Waals surface area contributed by atoms with Gasteiger partial charge in [0.15, 0.2) is 0 Å². The van der Waals surface area contributed by atoms with Crippen LogP contribution in [0.4, 0.5) is 17.3 Å². The highest BCUT2D eigenvalue weighted by atomic mass is 79.9. The van der Waals surface area contributed by atoms with Crippen molar-refractivity contribution in [3.63, 3.8) is 0 Å². The van der Waals surface area contributed by atoms with Crippen LogP contribution in [0.15, 0.2) is 28.9 Å². The second-order valence-corrected chi connectivity index (χ2v) is 12.9.